The smallest absolute Gasteiger partial charge is 0.416 e. The number of hydrogen-bond donors (Lipinski definition) is 1. The number of aromatic nitrogens is 2. The SMILES string of the molecule is O=C(O)c1nn(Cc2c(Cl)cccc2C(F)(F)F)c2ccccc12. The summed E-state index contributed by atoms with van der Waals surface area (Å²) in [7, 11) is 0. The lowest BCUT2D eigenvalue weighted by molar-refractivity contribution is -0.138. The summed E-state index contributed by atoms with van der Waals surface area (Å²) in [6, 6.07) is 9.96. The maximum atomic E-state index is 13.2. The van der Waals surface area contributed by atoms with Crippen LogP contribution in [0.2, 0.25) is 5.02 Å². The molecule has 2 aromatic carbocycles. The van der Waals surface area contributed by atoms with Crippen LogP contribution >= 0.6 is 11.6 Å². The minimum Gasteiger partial charge on any atom is -0.476 e. The van der Waals surface area contributed by atoms with E-state index in [4.69, 9.17) is 11.6 Å². The number of halogens is 4. The van der Waals surface area contributed by atoms with Gasteiger partial charge in [-0.1, -0.05) is 35.9 Å². The molecule has 0 spiro atoms. The van der Waals surface area contributed by atoms with Crippen molar-refractivity contribution in [2.75, 3.05) is 0 Å². The maximum Gasteiger partial charge on any atom is 0.416 e. The largest absolute Gasteiger partial charge is 0.476 e. The van der Waals surface area contributed by atoms with Crippen LogP contribution in [0.1, 0.15) is 21.6 Å². The van der Waals surface area contributed by atoms with Crippen molar-refractivity contribution in [1.29, 1.82) is 0 Å². The Morgan fingerprint density at radius 1 is 1.17 bits per heavy atom. The Hall–Kier alpha value is -2.54. The number of carbonyl (C=O) groups is 1. The number of benzene rings is 2. The van der Waals surface area contributed by atoms with Gasteiger partial charge < -0.3 is 5.11 Å². The van der Waals surface area contributed by atoms with E-state index in [0.717, 1.165) is 6.07 Å². The van der Waals surface area contributed by atoms with Gasteiger partial charge in [0.2, 0.25) is 0 Å². The van der Waals surface area contributed by atoms with Gasteiger partial charge in [-0.2, -0.15) is 18.3 Å². The number of aromatic carboxylic acids is 1. The molecule has 3 aromatic rings. The van der Waals surface area contributed by atoms with Crippen LogP contribution in [0.3, 0.4) is 0 Å². The van der Waals surface area contributed by atoms with Gasteiger partial charge in [-0.3, -0.25) is 4.68 Å². The fraction of sp³-hybridized carbons (Fsp3) is 0.125. The van der Waals surface area contributed by atoms with Gasteiger partial charge in [0.15, 0.2) is 5.69 Å². The third-order valence-corrected chi connectivity index (χ3v) is 3.95. The predicted molar refractivity (Wildman–Crippen MR) is 82.2 cm³/mol. The number of hydrogen-bond acceptors (Lipinski definition) is 2. The normalized spacial score (nSPS) is 11.8. The van der Waals surface area contributed by atoms with Crippen molar-refractivity contribution in [1.82, 2.24) is 9.78 Å². The van der Waals surface area contributed by atoms with E-state index in [9.17, 15) is 23.1 Å². The molecule has 1 heterocycles. The van der Waals surface area contributed by atoms with Gasteiger partial charge in [0.05, 0.1) is 17.6 Å². The third-order valence-electron chi connectivity index (χ3n) is 3.59. The summed E-state index contributed by atoms with van der Waals surface area (Å²) in [6.45, 7) is -0.289. The minimum atomic E-state index is -4.57. The number of nitrogens with zero attached hydrogens (tertiary/aromatic N) is 2. The van der Waals surface area contributed by atoms with E-state index < -0.39 is 17.7 Å². The monoisotopic (exact) mass is 354 g/mol. The highest BCUT2D eigenvalue weighted by Crippen LogP contribution is 2.35. The quantitative estimate of drug-likeness (QED) is 0.755. The lowest BCUT2D eigenvalue weighted by Crippen LogP contribution is -2.13. The highest BCUT2D eigenvalue weighted by molar-refractivity contribution is 6.31. The molecule has 24 heavy (non-hydrogen) atoms. The van der Waals surface area contributed by atoms with Crippen LogP contribution in [0.25, 0.3) is 10.9 Å². The number of carboxylic acid groups (broad SMARTS) is 1. The molecule has 0 aliphatic carbocycles. The lowest BCUT2D eigenvalue weighted by atomic mass is 10.1. The van der Waals surface area contributed by atoms with E-state index in [1.54, 1.807) is 24.3 Å². The van der Waals surface area contributed by atoms with Crippen molar-refractivity contribution >= 4 is 28.5 Å². The van der Waals surface area contributed by atoms with Crippen molar-refractivity contribution in [3.63, 3.8) is 0 Å². The fourth-order valence-corrected chi connectivity index (χ4v) is 2.77. The summed E-state index contributed by atoms with van der Waals surface area (Å²) in [6.07, 6.45) is -4.57. The number of para-hydroxylation sites is 1. The number of carboxylic acids is 1. The Morgan fingerprint density at radius 2 is 1.88 bits per heavy atom. The van der Waals surface area contributed by atoms with Gasteiger partial charge in [-0.25, -0.2) is 4.79 Å². The molecule has 3 rings (SSSR count). The van der Waals surface area contributed by atoms with E-state index in [1.807, 2.05) is 0 Å². The molecular formula is C16H10ClF3N2O2. The number of alkyl halides is 3. The first-order valence-corrected chi connectivity index (χ1v) is 7.20. The van der Waals surface area contributed by atoms with Gasteiger partial charge >= 0.3 is 12.1 Å². The molecule has 0 bridgehead atoms. The second-order valence-corrected chi connectivity index (χ2v) is 5.50. The summed E-state index contributed by atoms with van der Waals surface area (Å²) < 4.78 is 40.8. The second-order valence-electron chi connectivity index (χ2n) is 5.09. The summed E-state index contributed by atoms with van der Waals surface area (Å²) >= 11 is 5.95. The average molecular weight is 355 g/mol. The van der Waals surface area contributed by atoms with Gasteiger partial charge in [-0.05, 0) is 18.2 Å². The number of fused-ring (bicyclic) bond motifs is 1. The Bertz CT molecular complexity index is 935. The molecule has 0 fully saturated rings. The van der Waals surface area contributed by atoms with Crippen molar-refractivity contribution in [2.45, 2.75) is 12.7 Å². The maximum absolute atomic E-state index is 13.2. The van der Waals surface area contributed by atoms with Gasteiger partial charge in [-0.15, -0.1) is 0 Å². The molecule has 124 valence electrons. The standard InChI is InChI=1S/C16H10ClF3N2O2/c17-12-6-3-5-11(16(18,19)20)10(12)8-22-13-7-2-1-4-9(13)14(21-22)15(23)24/h1-7H,8H2,(H,23,24). The fourth-order valence-electron chi connectivity index (χ4n) is 2.54. The highest BCUT2D eigenvalue weighted by atomic mass is 35.5. The van der Waals surface area contributed by atoms with Crippen LogP contribution < -0.4 is 0 Å². The molecule has 0 saturated heterocycles. The van der Waals surface area contributed by atoms with E-state index in [1.165, 1.54) is 16.8 Å². The van der Waals surface area contributed by atoms with Crippen LogP contribution in [0, 0.1) is 0 Å². The third kappa shape index (κ3) is 2.82. The Morgan fingerprint density at radius 3 is 2.54 bits per heavy atom. The van der Waals surface area contributed by atoms with E-state index in [2.05, 4.69) is 5.10 Å². The zero-order valence-corrected chi connectivity index (χ0v) is 12.8. The van der Waals surface area contributed by atoms with E-state index in [-0.39, 0.29) is 22.8 Å². The first kappa shape index (κ1) is 16.3. The summed E-state index contributed by atoms with van der Waals surface area (Å²) in [5, 5.41) is 13.5. The first-order valence-electron chi connectivity index (χ1n) is 6.82. The van der Waals surface area contributed by atoms with E-state index >= 15 is 0 Å². The van der Waals surface area contributed by atoms with Crippen molar-refractivity contribution in [2.24, 2.45) is 0 Å². The molecule has 1 aromatic heterocycles. The predicted octanol–water partition coefficient (Wildman–Crippen LogP) is 4.46. The molecular weight excluding hydrogens is 345 g/mol. The van der Waals surface area contributed by atoms with Gasteiger partial charge in [0.25, 0.3) is 0 Å². The zero-order chi connectivity index (χ0) is 17.5. The molecule has 0 amide bonds. The van der Waals surface area contributed by atoms with Crippen molar-refractivity contribution < 1.29 is 23.1 Å². The van der Waals surface area contributed by atoms with Crippen LogP contribution in [0.15, 0.2) is 42.5 Å². The van der Waals surface area contributed by atoms with Crippen molar-refractivity contribution in [3.05, 3.63) is 64.3 Å². The van der Waals surface area contributed by atoms with Crippen molar-refractivity contribution in [3.8, 4) is 0 Å². The topological polar surface area (TPSA) is 55.1 Å². The molecule has 0 saturated carbocycles. The van der Waals surface area contributed by atoms with Crippen LogP contribution in [-0.2, 0) is 12.7 Å². The lowest BCUT2D eigenvalue weighted by Gasteiger charge is -2.14. The Balaban J connectivity index is 2.17. The summed E-state index contributed by atoms with van der Waals surface area (Å²) in [5.74, 6) is -1.25. The Labute approximate surface area is 139 Å². The number of rotatable bonds is 3. The van der Waals surface area contributed by atoms with E-state index in [0.29, 0.717) is 10.9 Å². The van der Waals surface area contributed by atoms with Crippen LogP contribution in [0.5, 0.6) is 0 Å². The molecule has 0 aliphatic rings. The molecule has 8 heteroatoms. The first-order chi connectivity index (χ1) is 11.3. The van der Waals surface area contributed by atoms with Gasteiger partial charge in [0.1, 0.15) is 0 Å². The van der Waals surface area contributed by atoms with Gasteiger partial charge in [0, 0.05) is 16.0 Å². The summed E-state index contributed by atoms with van der Waals surface area (Å²) in [5.41, 5.74) is -0.822. The second kappa shape index (κ2) is 5.83. The summed E-state index contributed by atoms with van der Waals surface area (Å²) in [4.78, 5) is 11.3. The van der Waals surface area contributed by atoms with Crippen LogP contribution in [0.4, 0.5) is 13.2 Å². The zero-order valence-electron chi connectivity index (χ0n) is 12.0. The highest BCUT2D eigenvalue weighted by Gasteiger charge is 2.34. The molecule has 1 N–H and O–H groups in total. The minimum absolute atomic E-state index is 0.0544. The molecule has 0 atom stereocenters. The molecule has 0 aliphatic heterocycles. The van der Waals surface area contributed by atoms with Crippen LogP contribution in [-0.4, -0.2) is 20.9 Å². The Kier molecular flexibility index (Phi) is 3.96. The molecule has 0 unspecified atom stereocenters. The molecule has 0 radical (unpaired) electrons. The molecule has 4 nitrogen and oxygen atoms in total. The average Bonchev–Trinajstić information content (AvgIpc) is 2.87.